The molecule has 0 unspecified atom stereocenters. The normalized spacial score (nSPS) is 15.6. The molecule has 25 heavy (non-hydrogen) atoms. The minimum atomic E-state index is 0.0765. The molecule has 1 aliphatic heterocycles. The van der Waals surface area contributed by atoms with Crippen LogP contribution in [0.25, 0.3) is 6.08 Å². The van der Waals surface area contributed by atoms with Crippen molar-refractivity contribution in [2.45, 2.75) is 6.54 Å². The highest BCUT2D eigenvalue weighted by Gasteiger charge is 2.15. The number of hydrazine groups is 1. The first-order valence-corrected chi connectivity index (χ1v) is 8.05. The Morgan fingerprint density at radius 1 is 1.08 bits per heavy atom. The van der Waals surface area contributed by atoms with Gasteiger partial charge in [0.1, 0.15) is 0 Å². The van der Waals surface area contributed by atoms with Gasteiger partial charge in [-0.3, -0.25) is 16.1 Å². The lowest BCUT2D eigenvalue weighted by Gasteiger charge is -2.05. The zero-order valence-corrected chi connectivity index (χ0v) is 14.1. The first-order chi connectivity index (χ1) is 12.2. The van der Waals surface area contributed by atoms with Crippen molar-refractivity contribution in [1.29, 1.82) is 0 Å². The second-order valence-electron chi connectivity index (χ2n) is 5.42. The summed E-state index contributed by atoms with van der Waals surface area (Å²) in [7, 11) is 0. The minimum Gasteiger partial charge on any atom is -0.454 e. The summed E-state index contributed by atoms with van der Waals surface area (Å²) in [4.78, 5) is 11.1. The van der Waals surface area contributed by atoms with Crippen LogP contribution in [0.2, 0.25) is 5.02 Å². The molecule has 1 aliphatic carbocycles. The topological polar surface area (TPSA) is 73.6 Å². The Balaban J connectivity index is 0.000000160. The SMILES string of the molecule is NNCc1ccc(Cl)cc1.O=C1C=CC1=Cc1ccc2c(c1)OCO2. The summed E-state index contributed by atoms with van der Waals surface area (Å²) < 4.78 is 10.4. The Morgan fingerprint density at radius 3 is 2.48 bits per heavy atom. The maximum absolute atomic E-state index is 11.1. The molecule has 0 fully saturated rings. The molecule has 2 aliphatic rings. The Bertz CT molecular complexity index is 829. The number of nitrogens with one attached hydrogen (secondary N) is 1. The molecule has 5 nitrogen and oxygen atoms in total. The number of hydrogen-bond acceptors (Lipinski definition) is 5. The van der Waals surface area contributed by atoms with Gasteiger partial charge < -0.3 is 9.47 Å². The lowest BCUT2D eigenvalue weighted by molar-refractivity contribution is -0.111. The van der Waals surface area contributed by atoms with Crippen molar-refractivity contribution in [2.75, 3.05) is 6.79 Å². The van der Waals surface area contributed by atoms with E-state index in [0.29, 0.717) is 6.54 Å². The molecule has 0 atom stereocenters. The van der Waals surface area contributed by atoms with Crippen LogP contribution >= 0.6 is 11.6 Å². The van der Waals surface area contributed by atoms with E-state index in [1.54, 1.807) is 12.2 Å². The third-order valence-electron chi connectivity index (χ3n) is 3.64. The Labute approximate surface area is 150 Å². The largest absolute Gasteiger partial charge is 0.454 e. The second-order valence-corrected chi connectivity index (χ2v) is 5.85. The standard InChI is InChI=1S/C12H8O3.C7H9ClN2/c13-10-3-2-9(10)5-8-1-4-11-12(6-8)15-7-14-11;8-7-3-1-6(2-4-7)5-10-9/h1-6H,7H2;1-4,10H,5,9H2. The molecule has 4 rings (SSSR count). The predicted molar refractivity (Wildman–Crippen MR) is 97.2 cm³/mol. The van der Waals surface area contributed by atoms with Crippen LogP contribution in [0.3, 0.4) is 0 Å². The molecule has 0 bridgehead atoms. The number of ketones is 1. The highest BCUT2D eigenvalue weighted by atomic mass is 35.5. The average Bonchev–Trinajstić information content (AvgIpc) is 3.09. The molecule has 0 saturated carbocycles. The second kappa shape index (κ2) is 7.98. The third-order valence-corrected chi connectivity index (χ3v) is 3.89. The first kappa shape index (κ1) is 17.2. The van der Waals surface area contributed by atoms with Gasteiger partial charge in [-0.1, -0.05) is 29.8 Å². The Kier molecular flexibility index (Phi) is 5.50. The molecule has 6 heteroatoms. The molecule has 2 aromatic carbocycles. The Hall–Kier alpha value is -2.60. The van der Waals surface area contributed by atoms with Gasteiger partial charge in [0.05, 0.1) is 0 Å². The maximum Gasteiger partial charge on any atom is 0.231 e. The van der Waals surface area contributed by atoms with Crippen LogP contribution in [0, 0.1) is 0 Å². The number of halogens is 1. The molecule has 0 saturated heterocycles. The van der Waals surface area contributed by atoms with Crippen LogP contribution < -0.4 is 20.7 Å². The zero-order valence-electron chi connectivity index (χ0n) is 13.4. The van der Waals surface area contributed by atoms with Crippen molar-refractivity contribution in [2.24, 2.45) is 5.84 Å². The van der Waals surface area contributed by atoms with Gasteiger partial charge >= 0.3 is 0 Å². The molecule has 0 amide bonds. The van der Waals surface area contributed by atoms with Gasteiger partial charge in [0, 0.05) is 17.1 Å². The van der Waals surface area contributed by atoms with Gasteiger partial charge in [-0.2, -0.15) is 0 Å². The fourth-order valence-corrected chi connectivity index (χ4v) is 2.40. The lowest BCUT2D eigenvalue weighted by Crippen LogP contribution is -2.20. The minimum absolute atomic E-state index is 0.0765. The Morgan fingerprint density at radius 2 is 1.84 bits per heavy atom. The van der Waals surface area contributed by atoms with Gasteiger partial charge in [-0.05, 0) is 53.6 Å². The summed E-state index contributed by atoms with van der Waals surface area (Å²) in [6.45, 7) is 0.950. The van der Waals surface area contributed by atoms with Crippen molar-refractivity contribution in [1.82, 2.24) is 5.43 Å². The van der Waals surface area contributed by atoms with Gasteiger partial charge in [-0.15, -0.1) is 0 Å². The number of nitrogens with two attached hydrogens (primary N) is 1. The molecule has 2 aromatic rings. The molecular formula is C19H17ClN2O3. The van der Waals surface area contributed by atoms with E-state index in [1.165, 1.54) is 0 Å². The van der Waals surface area contributed by atoms with E-state index in [4.69, 9.17) is 26.9 Å². The number of rotatable bonds is 3. The van der Waals surface area contributed by atoms with E-state index in [2.05, 4.69) is 5.43 Å². The quantitative estimate of drug-likeness (QED) is 0.501. The smallest absolute Gasteiger partial charge is 0.231 e. The zero-order chi connectivity index (χ0) is 17.6. The van der Waals surface area contributed by atoms with Crippen LogP contribution in [0.4, 0.5) is 0 Å². The average molecular weight is 357 g/mol. The summed E-state index contributed by atoms with van der Waals surface area (Å²) in [5.41, 5.74) is 5.37. The molecular weight excluding hydrogens is 340 g/mol. The molecule has 0 radical (unpaired) electrons. The number of hydrogen-bond donors (Lipinski definition) is 2. The third kappa shape index (κ3) is 4.48. The number of ether oxygens (including phenoxy) is 2. The first-order valence-electron chi connectivity index (χ1n) is 7.67. The van der Waals surface area contributed by atoms with Crippen LogP contribution in [0.5, 0.6) is 11.5 Å². The van der Waals surface area contributed by atoms with E-state index in [-0.39, 0.29) is 12.6 Å². The van der Waals surface area contributed by atoms with E-state index in [0.717, 1.165) is 33.2 Å². The van der Waals surface area contributed by atoms with E-state index < -0.39 is 0 Å². The molecule has 0 spiro atoms. The predicted octanol–water partition coefficient (Wildman–Crippen LogP) is 3.24. The summed E-state index contributed by atoms with van der Waals surface area (Å²) in [5.74, 6) is 6.69. The summed E-state index contributed by atoms with van der Waals surface area (Å²) in [6, 6.07) is 13.2. The van der Waals surface area contributed by atoms with E-state index in [1.807, 2.05) is 48.5 Å². The van der Waals surface area contributed by atoms with E-state index >= 15 is 0 Å². The molecule has 1 heterocycles. The van der Waals surface area contributed by atoms with Gasteiger partial charge in [0.2, 0.25) is 6.79 Å². The van der Waals surface area contributed by atoms with Crippen molar-refractivity contribution in [3.05, 3.63) is 76.3 Å². The number of carbonyl (C=O) groups is 1. The molecule has 3 N–H and O–H groups in total. The highest BCUT2D eigenvalue weighted by Crippen LogP contribution is 2.33. The van der Waals surface area contributed by atoms with Crippen LogP contribution in [-0.4, -0.2) is 12.6 Å². The lowest BCUT2D eigenvalue weighted by atomic mass is 9.98. The number of carbonyl (C=O) groups excluding carboxylic acids is 1. The van der Waals surface area contributed by atoms with Crippen LogP contribution in [0.1, 0.15) is 11.1 Å². The van der Waals surface area contributed by atoms with Crippen molar-refractivity contribution in [3.63, 3.8) is 0 Å². The summed E-state index contributed by atoms with van der Waals surface area (Å²) >= 11 is 5.66. The summed E-state index contributed by atoms with van der Waals surface area (Å²) in [5, 5.41) is 0.751. The summed E-state index contributed by atoms with van der Waals surface area (Å²) in [6.07, 6.45) is 5.19. The van der Waals surface area contributed by atoms with Gasteiger partial charge in [0.15, 0.2) is 17.3 Å². The maximum atomic E-state index is 11.1. The number of benzene rings is 2. The van der Waals surface area contributed by atoms with Crippen molar-refractivity contribution in [3.8, 4) is 11.5 Å². The van der Waals surface area contributed by atoms with Crippen LogP contribution in [-0.2, 0) is 11.3 Å². The fraction of sp³-hybridized carbons (Fsp3) is 0.105. The monoisotopic (exact) mass is 356 g/mol. The fourth-order valence-electron chi connectivity index (χ4n) is 2.27. The molecule has 0 aromatic heterocycles. The van der Waals surface area contributed by atoms with E-state index in [9.17, 15) is 4.79 Å². The van der Waals surface area contributed by atoms with Gasteiger partial charge in [0.25, 0.3) is 0 Å². The molecule has 128 valence electrons. The van der Waals surface area contributed by atoms with Crippen LogP contribution in [0.15, 0.2) is 60.2 Å². The van der Waals surface area contributed by atoms with Crippen molar-refractivity contribution >= 4 is 23.5 Å². The number of fused-ring (bicyclic) bond motifs is 1. The van der Waals surface area contributed by atoms with Gasteiger partial charge in [-0.25, -0.2) is 0 Å². The number of allylic oxidation sites excluding steroid dienone is 3. The highest BCUT2D eigenvalue weighted by molar-refractivity contribution is 6.30. The van der Waals surface area contributed by atoms with Crippen molar-refractivity contribution < 1.29 is 14.3 Å².